The molecular weight excluding hydrogens is 228 g/mol. The number of nitrogens with one attached hydrogen (secondary N) is 1. The Morgan fingerprint density at radius 2 is 2.22 bits per heavy atom. The molecule has 0 spiro atoms. The van der Waals surface area contributed by atoms with Crippen molar-refractivity contribution >= 4 is 22.5 Å². The minimum Gasteiger partial charge on any atom is -0.372 e. The molecule has 1 amide bonds. The fourth-order valence-electron chi connectivity index (χ4n) is 1.80. The SMILES string of the molecule is CCOCC(=O)Nc1ccc(C)c2ncccc12. The molecule has 0 bridgehead atoms. The lowest BCUT2D eigenvalue weighted by Gasteiger charge is -2.09. The van der Waals surface area contributed by atoms with Gasteiger partial charge in [-0.15, -0.1) is 0 Å². The van der Waals surface area contributed by atoms with Crippen LogP contribution >= 0.6 is 0 Å². The standard InChI is InChI=1S/C14H16N2O2/c1-3-18-9-13(17)16-12-7-6-10(2)14-11(12)5-4-8-15-14/h4-8H,3,9H2,1-2H3,(H,16,17). The van der Waals surface area contributed by atoms with E-state index < -0.39 is 0 Å². The Hall–Kier alpha value is -1.94. The Morgan fingerprint density at radius 1 is 1.39 bits per heavy atom. The number of nitrogens with zero attached hydrogens (tertiary/aromatic N) is 1. The Bertz CT molecular complexity index is 567. The van der Waals surface area contributed by atoms with E-state index in [0.717, 1.165) is 22.2 Å². The lowest BCUT2D eigenvalue weighted by atomic mass is 10.1. The minimum atomic E-state index is -0.147. The molecule has 0 atom stereocenters. The summed E-state index contributed by atoms with van der Waals surface area (Å²) >= 11 is 0. The third-order valence-corrected chi connectivity index (χ3v) is 2.68. The number of aromatic nitrogens is 1. The molecule has 1 N–H and O–H groups in total. The molecule has 2 aromatic rings. The van der Waals surface area contributed by atoms with Gasteiger partial charge in [-0.3, -0.25) is 9.78 Å². The molecule has 18 heavy (non-hydrogen) atoms. The second-order valence-corrected chi connectivity index (χ2v) is 4.01. The largest absolute Gasteiger partial charge is 0.372 e. The molecule has 94 valence electrons. The van der Waals surface area contributed by atoms with Crippen LogP contribution in [0.4, 0.5) is 5.69 Å². The van der Waals surface area contributed by atoms with Crippen LogP contribution in [-0.4, -0.2) is 24.1 Å². The summed E-state index contributed by atoms with van der Waals surface area (Å²) in [5.74, 6) is -0.147. The van der Waals surface area contributed by atoms with Crippen molar-refractivity contribution in [3.8, 4) is 0 Å². The monoisotopic (exact) mass is 244 g/mol. The predicted octanol–water partition coefficient (Wildman–Crippen LogP) is 2.52. The normalized spacial score (nSPS) is 10.6. The summed E-state index contributed by atoms with van der Waals surface area (Å²) < 4.78 is 5.08. The van der Waals surface area contributed by atoms with Crippen LogP contribution in [0.2, 0.25) is 0 Å². The summed E-state index contributed by atoms with van der Waals surface area (Å²) in [4.78, 5) is 16.0. The van der Waals surface area contributed by atoms with Gasteiger partial charge in [0.15, 0.2) is 0 Å². The Kier molecular flexibility index (Phi) is 3.89. The average molecular weight is 244 g/mol. The Balaban J connectivity index is 2.29. The van der Waals surface area contributed by atoms with E-state index in [9.17, 15) is 4.79 Å². The summed E-state index contributed by atoms with van der Waals surface area (Å²) in [6.07, 6.45) is 1.75. The number of anilines is 1. The summed E-state index contributed by atoms with van der Waals surface area (Å²) in [6, 6.07) is 7.65. The quantitative estimate of drug-likeness (QED) is 0.899. The zero-order valence-electron chi connectivity index (χ0n) is 10.6. The zero-order chi connectivity index (χ0) is 13.0. The number of amides is 1. The maximum absolute atomic E-state index is 11.6. The first kappa shape index (κ1) is 12.5. The summed E-state index contributed by atoms with van der Waals surface area (Å²) in [6.45, 7) is 4.47. The molecule has 0 aliphatic heterocycles. The average Bonchev–Trinajstić information content (AvgIpc) is 2.40. The fourth-order valence-corrected chi connectivity index (χ4v) is 1.80. The smallest absolute Gasteiger partial charge is 0.250 e. The van der Waals surface area contributed by atoms with Crippen LogP contribution in [0.5, 0.6) is 0 Å². The van der Waals surface area contributed by atoms with Crippen LogP contribution < -0.4 is 5.32 Å². The summed E-state index contributed by atoms with van der Waals surface area (Å²) in [7, 11) is 0. The van der Waals surface area contributed by atoms with E-state index in [2.05, 4.69) is 10.3 Å². The molecule has 0 saturated heterocycles. The highest BCUT2D eigenvalue weighted by atomic mass is 16.5. The topological polar surface area (TPSA) is 51.2 Å². The number of pyridine rings is 1. The van der Waals surface area contributed by atoms with Gasteiger partial charge < -0.3 is 10.1 Å². The zero-order valence-corrected chi connectivity index (χ0v) is 10.6. The fraction of sp³-hybridized carbons (Fsp3) is 0.286. The van der Waals surface area contributed by atoms with Gasteiger partial charge in [-0.05, 0) is 37.6 Å². The number of carbonyl (C=O) groups excluding carboxylic acids is 1. The number of benzene rings is 1. The van der Waals surface area contributed by atoms with Crippen molar-refractivity contribution in [2.75, 3.05) is 18.5 Å². The lowest BCUT2D eigenvalue weighted by Crippen LogP contribution is -2.18. The van der Waals surface area contributed by atoms with E-state index in [1.807, 2.05) is 38.1 Å². The van der Waals surface area contributed by atoms with E-state index in [1.54, 1.807) is 6.20 Å². The van der Waals surface area contributed by atoms with Gasteiger partial charge in [-0.2, -0.15) is 0 Å². The van der Waals surface area contributed by atoms with Gasteiger partial charge in [-0.1, -0.05) is 6.07 Å². The van der Waals surface area contributed by atoms with Crippen LogP contribution in [-0.2, 0) is 9.53 Å². The Labute approximate surface area is 106 Å². The van der Waals surface area contributed by atoms with Gasteiger partial charge in [0.2, 0.25) is 5.91 Å². The number of fused-ring (bicyclic) bond motifs is 1. The highest BCUT2D eigenvalue weighted by molar-refractivity contribution is 6.02. The number of hydrogen-bond donors (Lipinski definition) is 1. The van der Waals surface area contributed by atoms with E-state index in [-0.39, 0.29) is 12.5 Å². The van der Waals surface area contributed by atoms with Gasteiger partial charge in [0, 0.05) is 18.2 Å². The molecule has 1 aromatic carbocycles. The molecule has 2 rings (SSSR count). The minimum absolute atomic E-state index is 0.0755. The first-order valence-corrected chi connectivity index (χ1v) is 5.94. The first-order valence-electron chi connectivity index (χ1n) is 5.94. The molecule has 4 nitrogen and oxygen atoms in total. The summed E-state index contributed by atoms with van der Waals surface area (Å²) in [5.41, 5.74) is 2.77. The van der Waals surface area contributed by atoms with Crippen molar-refractivity contribution in [1.82, 2.24) is 4.98 Å². The molecular formula is C14H16N2O2. The molecule has 0 unspecified atom stereocenters. The van der Waals surface area contributed by atoms with Crippen LogP contribution in [0.25, 0.3) is 10.9 Å². The van der Waals surface area contributed by atoms with Crippen LogP contribution in [0.1, 0.15) is 12.5 Å². The van der Waals surface area contributed by atoms with Crippen molar-refractivity contribution in [2.24, 2.45) is 0 Å². The molecule has 0 aliphatic rings. The van der Waals surface area contributed by atoms with Gasteiger partial charge >= 0.3 is 0 Å². The van der Waals surface area contributed by atoms with Crippen molar-refractivity contribution in [2.45, 2.75) is 13.8 Å². The van der Waals surface area contributed by atoms with Crippen molar-refractivity contribution < 1.29 is 9.53 Å². The van der Waals surface area contributed by atoms with Gasteiger partial charge in [0.1, 0.15) is 6.61 Å². The van der Waals surface area contributed by atoms with Gasteiger partial charge in [0.25, 0.3) is 0 Å². The second kappa shape index (κ2) is 5.60. The maximum Gasteiger partial charge on any atom is 0.250 e. The molecule has 0 fully saturated rings. The van der Waals surface area contributed by atoms with Crippen molar-refractivity contribution in [3.63, 3.8) is 0 Å². The number of carbonyl (C=O) groups is 1. The lowest BCUT2D eigenvalue weighted by molar-refractivity contribution is -0.120. The molecule has 4 heteroatoms. The number of ether oxygens (including phenoxy) is 1. The first-order chi connectivity index (χ1) is 8.72. The van der Waals surface area contributed by atoms with E-state index >= 15 is 0 Å². The second-order valence-electron chi connectivity index (χ2n) is 4.01. The van der Waals surface area contributed by atoms with Crippen molar-refractivity contribution in [1.29, 1.82) is 0 Å². The third kappa shape index (κ3) is 2.65. The molecule has 0 saturated carbocycles. The number of aryl methyl sites for hydroxylation is 1. The Morgan fingerprint density at radius 3 is 3.00 bits per heavy atom. The molecule has 0 radical (unpaired) electrons. The van der Waals surface area contributed by atoms with Crippen LogP contribution in [0.15, 0.2) is 30.5 Å². The predicted molar refractivity (Wildman–Crippen MR) is 71.6 cm³/mol. The van der Waals surface area contributed by atoms with E-state index in [4.69, 9.17) is 4.74 Å². The molecule has 1 aromatic heterocycles. The van der Waals surface area contributed by atoms with E-state index in [1.165, 1.54) is 0 Å². The van der Waals surface area contributed by atoms with Gasteiger partial charge in [0.05, 0.1) is 11.2 Å². The number of rotatable bonds is 4. The maximum atomic E-state index is 11.6. The molecule has 1 heterocycles. The highest BCUT2D eigenvalue weighted by Gasteiger charge is 2.07. The molecule has 0 aliphatic carbocycles. The van der Waals surface area contributed by atoms with Crippen LogP contribution in [0.3, 0.4) is 0 Å². The third-order valence-electron chi connectivity index (χ3n) is 2.68. The van der Waals surface area contributed by atoms with Gasteiger partial charge in [-0.25, -0.2) is 0 Å². The van der Waals surface area contributed by atoms with Crippen molar-refractivity contribution in [3.05, 3.63) is 36.0 Å². The van der Waals surface area contributed by atoms with Crippen LogP contribution in [0, 0.1) is 6.92 Å². The van der Waals surface area contributed by atoms with E-state index in [0.29, 0.717) is 6.61 Å². The highest BCUT2D eigenvalue weighted by Crippen LogP contribution is 2.24. The number of hydrogen-bond acceptors (Lipinski definition) is 3. The summed E-state index contributed by atoms with van der Waals surface area (Å²) in [5, 5.41) is 3.79.